The van der Waals surface area contributed by atoms with Crippen LogP contribution in [0.2, 0.25) is 0 Å². The van der Waals surface area contributed by atoms with Crippen molar-refractivity contribution in [3.8, 4) is 0 Å². The summed E-state index contributed by atoms with van der Waals surface area (Å²) in [6, 6.07) is 27.7. The normalized spacial score (nSPS) is 16.7. The van der Waals surface area contributed by atoms with Gasteiger partial charge in [0.05, 0.1) is 0 Å². The maximum atomic E-state index is 12.1. The summed E-state index contributed by atoms with van der Waals surface area (Å²) < 4.78 is 5.97. The van der Waals surface area contributed by atoms with Crippen molar-refractivity contribution in [3.63, 3.8) is 0 Å². The highest BCUT2D eigenvalue weighted by molar-refractivity contribution is 6.27. The van der Waals surface area contributed by atoms with Crippen LogP contribution in [-0.2, 0) is 21.6 Å². The van der Waals surface area contributed by atoms with Crippen LogP contribution in [0, 0.1) is 0 Å². The number of aliphatic hydroxyl groups is 1. The molecule has 6 heteroatoms. The minimum atomic E-state index is -1.38. The molecule has 1 heterocycles. The fourth-order valence-electron chi connectivity index (χ4n) is 4.02. The predicted octanol–water partition coefficient (Wildman–Crippen LogP) is 3.69. The quantitative estimate of drug-likeness (QED) is 0.516. The molecule has 5 nitrogen and oxygen atoms in total. The molecule has 0 bridgehead atoms. The SMILES string of the molecule is O=C(CCl)N[C@H](Cc1ccccc1)C1=N[C@H](C(O)(c2ccccc2)c2ccccc2)CO1. The summed E-state index contributed by atoms with van der Waals surface area (Å²) >= 11 is 5.73. The Bertz CT molecular complexity index is 1020. The van der Waals surface area contributed by atoms with Crippen LogP contribution in [0.1, 0.15) is 16.7 Å². The third-order valence-electron chi connectivity index (χ3n) is 5.62. The molecule has 0 unspecified atom stereocenters. The predicted molar refractivity (Wildman–Crippen MR) is 126 cm³/mol. The molecule has 32 heavy (non-hydrogen) atoms. The first-order valence-corrected chi connectivity index (χ1v) is 11.1. The number of alkyl halides is 1. The van der Waals surface area contributed by atoms with Crippen LogP contribution in [0.25, 0.3) is 0 Å². The first-order valence-electron chi connectivity index (χ1n) is 10.5. The van der Waals surface area contributed by atoms with Gasteiger partial charge in [0.25, 0.3) is 0 Å². The van der Waals surface area contributed by atoms with Crippen LogP contribution in [0.4, 0.5) is 0 Å². The Hall–Kier alpha value is -3.15. The molecular weight excluding hydrogens is 424 g/mol. The van der Waals surface area contributed by atoms with E-state index < -0.39 is 17.7 Å². The Balaban J connectivity index is 1.69. The van der Waals surface area contributed by atoms with Gasteiger partial charge < -0.3 is 15.2 Å². The van der Waals surface area contributed by atoms with Crippen molar-refractivity contribution in [1.29, 1.82) is 0 Å². The smallest absolute Gasteiger partial charge is 0.235 e. The van der Waals surface area contributed by atoms with Crippen LogP contribution in [-0.4, -0.2) is 41.5 Å². The maximum Gasteiger partial charge on any atom is 0.235 e. The molecule has 164 valence electrons. The van der Waals surface area contributed by atoms with E-state index >= 15 is 0 Å². The van der Waals surface area contributed by atoms with Gasteiger partial charge in [-0.2, -0.15) is 0 Å². The highest BCUT2D eigenvalue weighted by atomic mass is 35.5. The zero-order chi connectivity index (χ0) is 22.4. The van der Waals surface area contributed by atoms with E-state index in [9.17, 15) is 9.90 Å². The standard InChI is InChI=1S/C26H25ClN2O3/c27-17-24(30)28-22(16-19-10-4-1-5-11-19)25-29-23(18-32-25)26(31,20-12-6-2-7-13-20)21-14-8-3-9-15-21/h1-15,22-23,31H,16-18H2,(H,28,30)/t22-,23+/m1/s1. The summed E-state index contributed by atoms with van der Waals surface area (Å²) in [6.45, 7) is 0.192. The van der Waals surface area contributed by atoms with Crippen molar-refractivity contribution < 1.29 is 14.6 Å². The Morgan fingerprint density at radius 2 is 1.53 bits per heavy atom. The number of aliphatic imine (C=N–C) groups is 1. The number of hydrogen-bond acceptors (Lipinski definition) is 4. The number of benzene rings is 3. The molecule has 0 aromatic heterocycles. The van der Waals surface area contributed by atoms with Crippen LogP contribution in [0.15, 0.2) is 96.0 Å². The average Bonchev–Trinajstić information content (AvgIpc) is 3.35. The topological polar surface area (TPSA) is 70.9 Å². The molecule has 0 aliphatic carbocycles. The fraction of sp³-hybridized carbons (Fsp3) is 0.231. The molecule has 3 aromatic carbocycles. The van der Waals surface area contributed by atoms with Crippen molar-refractivity contribution in [3.05, 3.63) is 108 Å². The molecule has 1 aliphatic heterocycles. The summed E-state index contributed by atoms with van der Waals surface area (Å²) in [5.41, 5.74) is 1.12. The summed E-state index contributed by atoms with van der Waals surface area (Å²) in [4.78, 5) is 16.9. The van der Waals surface area contributed by atoms with Gasteiger partial charge in [0, 0.05) is 6.42 Å². The molecular formula is C26H25ClN2O3. The first kappa shape index (κ1) is 22.1. The lowest BCUT2D eigenvalue weighted by Gasteiger charge is -2.32. The first-order chi connectivity index (χ1) is 15.6. The van der Waals surface area contributed by atoms with E-state index in [1.54, 1.807) is 0 Å². The lowest BCUT2D eigenvalue weighted by atomic mass is 9.81. The molecule has 1 aliphatic rings. The van der Waals surface area contributed by atoms with Gasteiger partial charge in [-0.25, -0.2) is 4.99 Å². The summed E-state index contributed by atoms with van der Waals surface area (Å²) in [5, 5.41) is 14.9. The van der Waals surface area contributed by atoms with Gasteiger partial charge >= 0.3 is 0 Å². The molecule has 0 fully saturated rings. The van der Waals surface area contributed by atoms with Gasteiger partial charge in [-0.15, -0.1) is 11.6 Å². The molecule has 4 rings (SSSR count). The number of ether oxygens (including phenoxy) is 1. The van der Waals surface area contributed by atoms with Crippen LogP contribution in [0.5, 0.6) is 0 Å². The van der Waals surface area contributed by atoms with Gasteiger partial charge in [0.1, 0.15) is 30.2 Å². The molecule has 1 amide bonds. The monoisotopic (exact) mass is 448 g/mol. The molecule has 2 N–H and O–H groups in total. The largest absolute Gasteiger partial charge is 0.477 e. The summed E-state index contributed by atoms with van der Waals surface area (Å²) in [6.07, 6.45) is 0.504. The second-order valence-electron chi connectivity index (χ2n) is 7.74. The average molecular weight is 449 g/mol. The number of nitrogens with zero attached hydrogens (tertiary/aromatic N) is 1. The highest BCUT2D eigenvalue weighted by Crippen LogP contribution is 2.37. The number of rotatable bonds is 8. The van der Waals surface area contributed by atoms with E-state index in [0.29, 0.717) is 12.3 Å². The maximum absolute atomic E-state index is 12.1. The minimum Gasteiger partial charge on any atom is -0.477 e. The number of hydrogen-bond donors (Lipinski definition) is 2. The number of carbonyl (C=O) groups is 1. The van der Waals surface area contributed by atoms with Gasteiger partial charge in [0.15, 0.2) is 0 Å². The number of nitrogens with one attached hydrogen (secondary N) is 1. The van der Waals surface area contributed by atoms with Crippen molar-refractivity contribution in [2.75, 3.05) is 12.5 Å². The summed E-state index contributed by atoms with van der Waals surface area (Å²) in [5.74, 6) is -0.0636. The van der Waals surface area contributed by atoms with Gasteiger partial charge in [-0.05, 0) is 16.7 Å². The van der Waals surface area contributed by atoms with Crippen molar-refractivity contribution in [2.24, 2.45) is 4.99 Å². The van der Waals surface area contributed by atoms with Crippen molar-refractivity contribution >= 4 is 23.4 Å². The Morgan fingerprint density at radius 1 is 1.00 bits per heavy atom. The second kappa shape index (κ2) is 9.98. The molecule has 2 atom stereocenters. The highest BCUT2D eigenvalue weighted by Gasteiger charge is 2.44. The van der Waals surface area contributed by atoms with E-state index in [1.807, 2.05) is 91.0 Å². The van der Waals surface area contributed by atoms with Crippen LogP contribution < -0.4 is 5.32 Å². The van der Waals surface area contributed by atoms with Crippen LogP contribution in [0.3, 0.4) is 0 Å². The lowest BCUT2D eigenvalue weighted by molar-refractivity contribution is -0.119. The Labute approximate surface area is 192 Å². The zero-order valence-electron chi connectivity index (χ0n) is 17.5. The Kier molecular flexibility index (Phi) is 6.88. The van der Waals surface area contributed by atoms with E-state index in [-0.39, 0.29) is 18.4 Å². The molecule has 3 aromatic rings. The summed E-state index contributed by atoms with van der Waals surface area (Å²) in [7, 11) is 0. The molecule has 0 saturated carbocycles. The van der Waals surface area contributed by atoms with Crippen molar-refractivity contribution in [2.45, 2.75) is 24.1 Å². The van der Waals surface area contributed by atoms with E-state index in [0.717, 1.165) is 16.7 Å². The van der Waals surface area contributed by atoms with Crippen LogP contribution >= 0.6 is 11.6 Å². The fourth-order valence-corrected chi connectivity index (χ4v) is 4.09. The molecule has 0 saturated heterocycles. The minimum absolute atomic E-state index is 0.153. The lowest BCUT2D eigenvalue weighted by Crippen LogP contribution is -2.43. The van der Waals surface area contributed by atoms with Gasteiger partial charge in [0.2, 0.25) is 11.8 Å². The molecule has 0 spiro atoms. The van der Waals surface area contributed by atoms with Crippen molar-refractivity contribution in [1.82, 2.24) is 5.32 Å². The van der Waals surface area contributed by atoms with Gasteiger partial charge in [-0.1, -0.05) is 91.0 Å². The van der Waals surface area contributed by atoms with E-state index in [2.05, 4.69) is 5.32 Å². The van der Waals surface area contributed by atoms with Gasteiger partial charge in [-0.3, -0.25) is 4.79 Å². The number of amides is 1. The number of carbonyl (C=O) groups excluding carboxylic acids is 1. The molecule has 0 radical (unpaired) electrons. The number of halogens is 1. The van der Waals surface area contributed by atoms with E-state index in [4.69, 9.17) is 21.3 Å². The van der Waals surface area contributed by atoms with E-state index in [1.165, 1.54) is 0 Å². The third-order valence-corrected chi connectivity index (χ3v) is 5.86. The third kappa shape index (κ3) is 4.69. The zero-order valence-corrected chi connectivity index (χ0v) is 18.3. The second-order valence-corrected chi connectivity index (χ2v) is 8.00. The Morgan fingerprint density at radius 3 is 2.06 bits per heavy atom.